The van der Waals surface area contributed by atoms with Crippen LogP contribution in [0.25, 0.3) is 0 Å². The van der Waals surface area contributed by atoms with Gasteiger partial charge in [0.1, 0.15) is 5.41 Å². The van der Waals surface area contributed by atoms with Gasteiger partial charge in [0.05, 0.1) is 6.07 Å². The lowest BCUT2D eigenvalue weighted by molar-refractivity contribution is 0.148. The number of piperidine rings is 1. The van der Waals surface area contributed by atoms with Gasteiger partial charge in [-0.2, -0.15) is 5.26 Å². The van der Waals surface area contributed by atoms with Crippen LogP contribution in [0.5, 0.6) is 0 Å². The Hall–Kier alpha value is -2.89. The van der Waals surface area contributed by atoms with Gasteiger partial charge < -0.3 is 4.90 Å². The number of hydrogen-bond acceptors (Lipinski definition) is 2. The Morgan fingerprint density at radius 1 is 0.933 bits per heavy atom. The highest BCUT2D eigenvalue weighted by atomic mass is 15.1. The summed E-state index contributed by atoms with van der Waals surface area (Å²) in [6, 6.07) is 32.4. The summed E-state index contributed by atoms with van der Waals surface area (Å²) in [5.74, 6) is 0.276. The van der Waals surface area contributed by atoms with Gasteiger partial charge in [-0.05, 0) is 55.3 Å². The first-order valence-electron chi connectivity index (χ1n) is 11.0. The average Bonchev–Trinajstić information content (AvgIpc) is 2.81. The molecule has 2 nitrogen and oxygen atoms in total. The van der Waals surface area contributed by atoms with Gasteiger partial charge in [0.2, 0.25) is 0 Å². The fourth-order valence-corrected chi connectivity index (χ4v) is 5.03. The van der Waals surface area contributed by atoms with Gasteiger partial charge in [-0.1, -0.05) is 90.5 Å². The van der Waals surface area contributed by atoms with E-state index in [1.165, 1.54) is 11.1 Å². The van der Waals surface area contributed by atoms with Crippen LogP contribution < -0.4 is 0 Å². The predicted octanol–water partition coefficient (Wildman–Crippen LogP) is 5.76. The summed E-state index contributed by atoms with van der Waals surface area (Å²) in [4.78, 5) is 2.56. The number of likely N-dealkylation sites (tertiary alicyclic amines) is 1. The molecule has 2 heteroatoms. The van der Waals surface area contributed by atoms with Crippen LogP contribution >= 0.6 is 0 Å². The summed E-state index contributed by atoms with van der Waals surface area (Å²) >= 11 is 0. The maximum Gasteiger partial charge on any atom is 0.111 e. The van der Waals surface area contributed by atoms with Crippen molar-refractivity contribution in [2.24, 2.45) is 5.92 Å². The monoisotopic (exact) mass is 394 g/mol. The largest absolute Gasteiger partial charge is 0.303 e. The molecule has 1 unspecified atom stereocenters. The SMILES string of the molecule is Cc1cccc(CCN2CCCC(C(C#N)(c3ccccc3)c3ccccc3)C2)c1. The van der Waals surface area contributed by atoms with Crippen molar-refractivity contribution >= 4 is 0 Å². The normalized spacial score (nSPS) is 17.4. The number of benzene rings is 3. The molecular weight excluding hydrogens is 364 g/mol. The lowest BCUT2D eigenvalue weighted by Crippen LogP contribution is -2.46. The third-order valence-corrected chi connectivity index (χ3v) is 6.55. The van der Waals surface area contributed by atoms with Gasteiger partial charge in [-0.25, -0.2) is 0 Å². The zero-order chi connectivity index (χ0) is 20.8. The van der Waals surface area contributed by atoms with Crippen LogP contribution in [0.15, 0.2) is 84.9 Å². The maximum absolute atomic E-state index is 10.6. The highest BCUT2D eigenvalue weighted by molar-refractivity contribution is 5.47. The zero-order valence-corrected chi connectivity index (χ0v) is 17.8. The Labute approximate surface area is 180 Å². The van der Waals surface area contributed by atoms with Gasteiger partial charge in [0.25, 0.3) is 0 Å². The molecule has 1 heterocycles. The lowest BCUT2D eigenvalue weighted by Gasteiger charge is -2.42. The molecule has 1 fully saturated rings. The molecule has 1 atom stereocenters. The average molecular weight is 395 g/mol. The Morgan fingerprint density at radius 3 is 2.20 bits per heavy atom. The molecule has 152 valence electrons. The summed E-state index contributed by atoms with van der Waals surface area (Å²) < 4.78 is 0. The number of hydrogen-bond donors (Lipinski definition) is 0. The Balaban J connectivity index is 1.60. The van der Waals surface area contributed by atoms with E-state index in [1.807, 2.05) is 12.1 Å². The molecule has 0 aliphatic carbocycles. The smallest absolute Gasteiger partial charge is 0.111 e. The number of nitriles is 1. The quantitative estimate of drug-likeness (QED) is 0.531. The molecule has 0 N–H and O–H groups in total. The molecule has 3 aromatic rings. The van der Waals surface area contributed by atoms with E-state index in [9.17, 15) is 5.26 Å². The number of aryl methyl sites for hydroxylation is 1. The molecule has 3 aromatic carbocycles. The highest BCUT2D eigenvalue weighted by Crippen LogP contribution is 2.42. The second kappa shape index (κ2) is 9.28. The molecule has 1 aliphatic rings. The Kier molecular flexibility index (Phi) is 6.31. The molecule has 0 amide bonds. The maximum atomic E-state index is 10.6. The molecule has 0 bridgehead atoms. The molecule has 0 radical (unpaired) electrons. The van der Waals surface area contributed by atoms with Crippen molar-refractivity contribution in [3.8, 4) is 6.07 Å². The minimum Gasteiger partial charge on any atom is -0.303 e. The van der Waals surface area contributed by atoms with E-state index < -0.39 is 5.41 Å². The van der Waals surface area contributed by atoms with Crippen molar-refractivity contribution in [3.05, 3.63) is 107 Å². The van der Waals surface area contributed by atoms with Gasteiger partial charge in [-0.3, -0.25) is 0 Å². The van der Waals surface area contributed by atoms with Gasteiger partial charge in [-0.15, -0.1) is 0 Å². The number of nitrogens with zero attached hydrogens (tertiary/aromatic N) is 2. The third kappa shape index (κ3) is 4.18. The van der Waals surface area contributed by atoms with E-state index in [1.54, 1.807) is 0 Å². The first-order chi connectivity index (χ1) is 14.7. The van der Waals surface area contributed by atoms with Crippen LogP contribution in [0.3, 0.4) is 0 Å². The van der Waals surface area contributed by atoms with E-state index >= 15 is 0 Å². The van der Waals surface area contributed by atoms with Crippen molar-refractivity contribution in [1.29, 1.82) is 5.26 Å². The Bertz CT molecular complexity index is 948. The van der Waals surface area contributed by atoms with Gasteiger partial charge >= 0.3 is 0 Å². The molecule has 30 heavy (non-hydrogen) atoms. The van der Waals surface area contributed by atoms with Crippen LogP contribution in [-0.4, -0.2) is 24.5 Å². The molecule has 1 saturated heterocycles. The summed E-state index contributed by atoms with van der Waals surface area (Å²) in [6.07, 6.45) is 3.28. The van der Waals surface area contributed by atoms with Crippen molar-refractivity contribution in [2.45, 2.75) is 31.6 Å². The predicted molar refractivity (Wildman–Crippen MR) is 123 cm³/mol. The minimum absolute atomic E-state index is 0.276. The van der Waals surface area contributed by atoms with Crippen LogP contribution in [0.2, 0.25) is 0 Å². The van der Waals surface area contributed by atoms with Crippen molar-refractivity contribution in [1.82, 2.24) is 4.90 Å². The summed E-state index contributed by atoms with van der Waals surface area (Å²) in [5, 5.41) is 10.6. The lowest BCUT2D eigenvalue weighted by atomic mass is 9.64. The van der Waals surface area contributed by atoms with Crippen LogP contribution in [-0.2, 0) is 11.8 Å². The topological polar surface area (TPSA) is 27.0 Å². The minimum atomic E-state index is -0.607. The second-order valence-corrected chi connectivity index (χ2v) is 8.53. The fourth-order valence-electron chi connectivity index (χ4n) is 5.03. The van der Waals surface area contributed by atoms with Crippen LogP contribution in [0, 0.1) is 24.2 Å². The zero-order valence-electron chi connectivity index (χ0n) is 17.8. The third-order valence-electron chi connectivity index (χ3n) is 6.55. The first-order valence-corrected chi connectivity index (χ1v) is 11.0. The van der Waals surface area contributed by atoms with E-state index in [2.05, 4.69) is 90.7 Å². The second-order valence-electron chi connectivity index (χ2n) is 8.53. The van der Waals surface area contributed by atoms with Crippen molar-refractivity contribution in [2.75, 3.05) is 19.6 Å². The molecular formula is C28H30N2. The first kappa shape index (κ1) is 20.4. The van der Waals surface area contributed by atoms with Gasteiger partial charge in [0, 0.05) is 13.1 Å². The van der Waals surface area contributed by atoms with Crippen LogP contribution in [0.4, 0.5) is 0 Å². The fraction of sp³-hybridized carbons (Fsp3) is 0.321. The van der Waals surface area contributed by atoms with E-state index in [0.29, 0.717) is 0 Å². The number of rotatable bonds is 6. The molecule has 0 aromatic heterocycles. The standard InChI is InChI=1S/C28H30N2/c1-23-10-8-11-24(20-23)17-19-30-18-9-16-27(21-30)28(22-29,25-12-4-2-5-13-25)26-14-6-3-7-15-26/h2-8,10-15,20,27H,9,16-19,21H2,1H3. The summed E-state index contributed by atoms with van der Waals surface area (Å²) in [5.41, 5.74) is 4.34. The summed E-state index contributed by atoms with van der Waals surface area (Å²) in [7, 11) is 0. The molecule has 1 aliphatic heterocycles. The highest BCUT2D eigenvalue weighted by Gasteiger charge is 2.44. The molecule has 0 saturated carbocycles. The van der Waals surface area contributed by atoms with Gasteiger partial charge in [0.15, 0.2) is 0 Å². The van der Waals surface area contributed by atoms with E-state index in [4.69, 9.17) is 0 Å². The van der Waals surface area contributed by atoms with Crippen molar-refractivity contribution in [3.63, 3.8) is 0 Å². The van der Waals surface area contributed by atoms with E-state index in [-0.39, 0.29) is 5.92 Å². The molecule has 0 spiro atoms. The van der Waals surface area contributed by atoms with Crippen molar-refractivity contribution < 1.29 is 0 Å². The molecule has 4 rings (SSSR count). The summed E-state index contributed by atoms with van der Waals surface area (Å²) in [6.45, 7) is 5.28. The Morgan fingerprint density at radius 2 is 1.60 bits per heavy atom. The van der Waals surface area contributed by atoms with Crippen LogP contribution in [0.1, 0.15) is 35.1 Å². The van der Waals surface area contributed by atoms with E-state index in [0.717, 1.165) is 50.0 Å².